The Labute approximate surface area is 163 Å². The molecule has 0 aliphatic carbocycles. The first-order chi connectivity index (χ1) is 13.7. The number of H-pyrrole nitrogens is 1. The van der Waals surface area contributed by atoms with Crippen LogP contribution >= 0.6 is 0 Å². The van der Waals surface area contributed by atoms with E-state index >= 15 is 0 Å². The largest absolute Gasteiger partial charge is 0.340 e. The average molecular weight is 382 g/mol. The molecule has 148 valence electrons. The summed E-state index contributed by atoms with van der Waals surface area (Å²) in [6.45, 7) is 5.49. The molecule has 0 saturated carbocycles. The smallest absolute Gasteiger partial charge is 0.240 e. The Bertz CT molecular complexity index is 855. The monoisotopic (exact) mass is 382 g/mol. The van der Waals surface area contributed by atoms with Crippen molar-refractivity contribution in [2.75, 3.05) is 50.7 Å². The highest BCUT2D eigenvalue weighted by molar-refractivity contribution is 5.91. The second-order valence-electron chi connectivity index (χ2n) is 8.00. The van der Waals surface area contributed by atoms with E-state index in [1.165, 1.54) is 0 Å². The molecule has 3 fully saturated rings. The first-order valence-electron chi connectivity index (χ1n) is 10.1. The van der Waals surface area contributed by atoms with Gasteiger partial charge in [0.2, 0.25) is 11.9 Å². The third kappa shape index (κ3) is 3.27. The van der Waals surface area contributed by atoms with E-state index in [0.29, 0.717) is 19.0 Å². The molecule has 0 spiro atoms. The van der Waals surface area contributed by atoms with Crippen molar-refractivity contribution in [2.45, 2.75) is 24.9 Å². The topological polar surface area (TPSA) is 84.6 Å². The SMILES string of the molecule is O=C1CCN(C(=O)[C@@H]2C[C@H](N3CCN(c4nc5ccccc5[nH]4)CC3)CN2)C1. The molecule has 0 unspecified atom stereocenters. The summed E-state index contributed by atoms with van der Waals surface area (Å²) in [4.78, 5) is 38.7. The second kappa shape index (κ2) is 7.18. The second-order valence-corrected chi connectivity index (χ2v) is 8.00. The van der Waals surface area contributed by atoms with Gasteiger partial charge in [0.05, 0.1) is 23.6 Å². The minimum absolute atomic E-state index is 0.0919. The summed E-state index contributed by atoms with van der Waals surface area (Å²) in [5.74, 6) is 1.20. The standard InChI is InChI=1S/C20H26N6O2/c27-15-5-6-26(13-15)19(28)18-11-14(12-21-18)24-7-9-25(10-8-24)20-22-16-3-1-2-4-17(16)23-20/h1-4,14,18,21H,5-13H2,(H,22,23)/t14-,18-/m0/s1. The lowest BCUT2D eigenvalue weighted by atomic mass is 10.1. The van der Waals surface area contributed by atoms with Gasteiger partial charge in [-0.25, -0.2) is 4.98 Å². The van der Waals surface area contributed by atoms with Crippen molar-refractivity contribution >= 4 is 28.7 Å². The van der Waals surface area contributed by atoms with Gasteiger partial charge in [-0.3, -0.25) is 14.5 Å². The molecule has 2 aromatic rings. The Morgan fingerprint density at radius 2 is 1.93 bits per heavy atom. The molecule has 2 atom stereocenters. The molecule has 1 aromatic heterocycles. The van der Waals surface area contributed by atoms with E-state index in [0.717, 1.165) is 56.1 Å². The van der Waals surface area contributed by atoms with Crippen molar-refractivity contribution in [3.05, 3.63) is 24.3 Å². The fourth-order valence-electron chi connectivity index (χ4n) is 4.61. The number of imidazole rings is 1. The minimum Gasteiger partial charge on any atom is -0.340 e. The zero-order valence-corrected chi connectivity index (χ0v) is 15.9. The summed E-state index contributed by atoms with van der Waals surface area (Å²) in [5.41, 5.74) is 2.07. The van der Waals surface area contributed by atoms with E-state index < -0.39 is 0 Å². The Hall–Kier alpha value is -2.45. The lowest BCUT2D eigenvalue weighted by Crippen LogP contribution is -2.51. The summed E-state index contributed by atoms with van der Waals surface area (Å²) >= 11 is 0. The molecule has 8 nitrogen and oxygen atoms in total. The van der Waals surface area contributed by atoms with Crippen molar-refractivity contribution < 1.29 is 9.59 Å². The minimum atomic E-state index is -0.149. The maximum atomic E-state index is 12.6. The lowest BCUT2D eigenvalue weighted by Gasteiger charge is -2.37. The van der Waals surface area contributed by atoms with E-state index in [4.69, 9.17) is 4.98 Å². The van der Waals surface area contributed by atoms with Crippen LogP contribution in [-0.2, 0) is 9.59 Å². The highest BCUT2D eigenvalue weighted by atomic mass is 16.2. The molecule has 0 radical (unpaired) electrons. The number of Topliss-reactive ketones (excluding diaryl/α,β-unsaturated/α-hetero) is 1. The van der Waals surface area contributed by atoms with Crippen LogP contribution in [0.1, 0.15) is 12.8 Å². The van der Waals surface area contributed by atoms with Crippen LogP contribution in [0.25, 0.3) is 11.0 Å². The third-order valence-electron chi connectivity index (χ3n) is 6.25. The van der Waals surface area contributed by atoms with Crippen molar-refractivity contribution in [3.8, 4) is 0 Å². The van der Waals surface area contributed by atoms with Crippen molar-refractivity contribution in [1.82, 2.24) is 25.1 Å². The number of hydrogen-bond acceptors (Lipinski definition) is 6. The van der Waals surface area contributed by atoms with E-state index in [2.05, 4.69) is 26.2 Å². The number of carbonyl (C=O) groups is 2. The quantitative estimate of drug-likeness (QED) is 0.790. The number of nitrogens with zero attached hydrogens (tertiary/aromatic N) is 4. The molecule has 0 bridgehead atoms. The highest BCUT2D eigenvalue weighted by Crippen LogP contribution is 2.22. The van der Waals surface area contributed by atoms with Crippen LogP contribution in [0.3, 0.4) is 0 Å². The van der Waals surface area contributed by atoms with Gasteiger partial charge in [0, 0.05) is 51.7 Å². The van der Waals surface area contributed by atoms with Crippen LogP contribution in [0.5, 0.6) is 0 Å². The Kier molecular flexibility index (Phi) is 4.52. The molecule has 3 saturated heterocycles. The molecule has 3 aliphatic rings. The average Bonchev–Trinajstić information content (AvgIpc) is 3.46. The number of aromatic amines is 1. The zero-order valence-electron chi connectivity index (χ0n) is 15.9. The first-order valence-corrected chi connectivity index (χ1v) is 10.1. The van der Waals surface area contributed by atoms with Gasteiger partial charge in [-0.05, 0) is 18.6 Å². The van der Waals surface area contributed by atoms with Crippen LogP contribution in [0.2, 0.25) is 0 Å². The Morgan fingerprint density at radius 3 is 2.68 bits per heavy atom. The number of rotatable bonds is 3. The number of aromatic nitrogens is 2. The van der Waals surface area contributed by atoms with E-state index in [1.54, 1.807) is 4.90 Å². The van der Waals surface area contributed by atoms with Gasteiger partial charge < -0.3 is 20.1 Å². The van der Waals surface area contributed by atoms with E-state index in [9.17, 15) is 9.59 Å². The molecule has 3 aliphatic heterocycles. The highest BCUT2D eigenvalue weighted by Gasteiger charge is 2.37. The number of hydrogen-bond donors (Lipinski definition) is 2. The molecule has 2 N–H and O–H groups in total. The van der Waals surface area contributed by atoms with Crippen LogP contribution in [0.15, 0.2) is 24.3 Å². The summed E-state index contributed by atoms with van der Waals surface area (Å²) in [5, 5.41) is 3.38. The molecule has 5 rings (SSSR count). The van der Waals surface area contributed by atoms with Crippen LogP contribution in [0, 0.1) is 0 Å². The van der Waals surface area contributed by atoms with Crippen molar-refractivity contribution in [1.29, 1.82) is 0 Å². The lowest BCUT2D eigenvalue weighted by molar-refractivity contribution is -0.133. The number of fused-ring (bicyclic) bond motifs is 1. The predicted molar refractivity (Wildman–Crippen MR) is 106 cm³/mol. The first kappa shape index (κ1) is 17.6. The fourth-order valence-corrected chi connectivity index (χ4v) is 4.61. The van der Waals surface area contributed by atoms with Gasteiger partial charge in [0.15, 0.2) is 5.78 Å². The third-order valence-corrected chi connectivity index (χ3v) is 6.25. The molecule has 1 amide bonds. The molecule has 1 aromatic carbocycles. The van der Waals surface area contributed by atoms with Gasteiger partial charge in [-0.2, -0.15) is 0 Å². The van der Waals surface area contributed by atoms with Crippen LogP contribution in [-0.4, -0.2) is 89.4 Å². The van der Waals surface area contributed by atoms with Gasteiger partial charge in [0.1, 0.15) is 0 Å². The van der Waals surface area contributed by atoms with E-state index in [1.807, 2.05) is 18.2 Å². The number of benzene rings is 1. The number of likely N-dealkylation sites (tertiary alicyclic amines) is 1. The van der Waals surface area contributed by atoms with Gasteiger partial charge in [-0.1, -0.05) is 12.1 Å². The Morgan fingerprint density at radius 1 is 1.11 bits per heavy atom. The Balaban J connectivity index is 1.16. The maximum absolute atomic E-state index is 12.6. The number of anilines is 1. The molecule has 8 heteroatoms. The van der Waals surface area contributed by atoms with E-state index in [-0.39, 0.29) is 24.3 Å². The number of para-hydroxylation sites is 2. The maximum Gasteiger partial charge on any atom is 0.240 e. The molecule has 4 heterocycles. The summed E-state index contributed by atoms with van der Waals surface area (Å²) in [6.07, 6.45) is 1.33. The number of nitrogens with one attached hydrogen (secondary N) is 2. The van der Waals surface area contributed by atoms with Crippen LogP contribution < -0.4 is 10.2 Å². The summed E-state index contributed by atoms with van der Waals surface area (Å²) in [7, 11) is 0. The number of carbonyl (C=O) groups excluding carboxylic acids is 2. The number of ketones is 1. The molecular weight excluding hydrogens is 356 g/mol. The molecular formula is C20H26N6O2. The van der Waals surface area contributed by atoms with Crippen molar-refractivity contribution in [3.63, 3.8) is 0 Å². The van der Waals surface area contributed by atoms with Gasteiger partial charge in [0.25, 0.3) is 0 Å². The number of piperazine rings is 1. The van der Waals surface area contributed by atoms with Gasteiger partial charge >= 0.3 is 0 Å². The zero-order chi connectivity index (χ0) is 19.1. The fraction of sp³-hybridized carbons (Fsp3) is 0.550. The number of amides is 1. The summed E-state index contributed by atoms with van der Waals surface area (Å²) in [6, 6.07) is 8.34. The molecule has 28 heavy (non-hydrogen) atoms. The van der Waals surface area contributed by atoms with Crippen molar-refractivity contribution in [2.24, 2.45) is 0 Å². The van der Waals surface area contributed by atoms with Crippen LogP contribution in [0.4, 0.5) is 5.95 Å². The normalized spacial score (nSPS) is 26.5. The summed E-state index contributed by atoms with van der Waals surface area (Å²) < 4.78 is 0. The van der Waals surface area contributed by atoms with Gasteiger partial charge in [-0.15, -0.1) is 0 Å². The predicted octanol–water partition coefficient (Wildman–Crippen LogP) is 0.217.